The lowest BCUT2D eigenvalue weighted by Gasteiger charge is -2.14. The van der Waals surface area contributed by atoms with Crippen molar-refractivity contribution in [2.24, 2.45) is 0 Å². The van der Waals surface area contributed by atoms with Gasteiger partial charge in [0.1, 0.15) is 5.69 Å². The van der Waals surface area contributed by atoms with Crippen LogP contribution in [0.2, 0.25) is 5.02 Å². The standard InChI is InChI=1S/C26H22BrClN4O3/c1-14-7-9-19(11-15(14)2)29-24(33)23-13-17-12-18(27)8-10-22(17)32(23)31-26(35)25(34)30-21-6-4-5-20(28)16(21)3/h4-13H,1-3H3,(H,29,33)(H,30,34)(H,31,35). The van der Waals surface area contributed by atoms with Crippen molar-refractivity contribution in [3.05, 3.63) is 92.5 Å². The van der Waals surface area contributed by atoms with Crippen molar-refractivity contribution in [2.45, 2.75) is 20.8 Å². The van der Waals surface area contributed by atoms with E-state index in [1.165, 1.54) is 4.68 Å². The summed E-state index contributed by atoms with van der Waals surface area (Å²) >= 11 is 9.53. The second-order valence-corrected chi connectivity index (χ2v) is 9.45. The molecule has 4 aromatic rings. The number of hydrogen-bond donors (Lipinski definition) is 3. The summed E-state index contributed by atoms with van der Waals surface area (Å²) in [5, 5.41) is 6.60. The summed E-state index contributed by atoms with van der Waals surface area (Å²) < 4.78 is 2.12. The van der Waals surface area contributed by atoms with E-state index >= 15 is 0 Å². The Morgan fingerprint density at radius 2 is 1.63 bits per heavy atom. The maximum absolute atomic E-state index is 13.2. The number of aryl methyl sites for hydroxylation is 2. The van der Waals surface area contributed by atoms with Gasteiger partial charge in [-0.1, -0.05) is 39.7 Å². The molecule has 7 nitrogen and oxygen atoms in total. The van der Waals surface area contributed by atoms with Crippen molar-refractivity contribution >= 4 is 67.5 Å². The van der Waals surface area contributed by atoms with Crippen LogP contribution >= 0.6 is 27.5 Å². The summed E-state index contributed by atoms with van der Waals surface area (Å²) in [6, 6.07) is 17.6. The molecule has 0 atom stereocenters. The van der Waals surface area contributed by atoms with Crippen LogP contribution in [0.3, 0.4) is 0 Å². The number of hydrogen-bond acceptors (Lipinski definition) is 3. The van der Waals surface area contributed by atoms with Crippen LogP contribution in [0, 0.1) is 20.8 Å². The summed E-state index contributed by atoms with van der Waals surface area (Å²) in [6.45, 7) is 5.69. The Labute approximate surface area is 215 Å². The van der Waals surface area contributed by atoms with E-state index in [4.69, 9.17) is 11.6 Å². The zero-order valence-corrected chi connectivity index (χ0v) is 21.5. The maximum atomic E-state index is 13.2. The number of amides is 3. The second-order valence-electron chi connectivity index (χ2n) is 8.13. The van der Waals surface area contributed by atoms with Gasteiger partial charge in [0.15, 0.2) is 0 Å². The molecule has 3 aromatic carbocycles. The predicted octanol–water partition coefficient (Wildman–Crippen LogP) is 5.94. The van der Waals surface area contributed by atoms with E-state index in [1.807, 2.05) is 38.1 Å². The number of carbonyl (C=O) groups excluding carboxylic acids is 3. The van der Waals surface area contributed by atoms with Crippen LogP contribution < -0.4 is 16.1 Å². The van der Waals surface area contributed by atoms with Crippen LogP contribution in [0.4, 0.5) is 11.4 Å². The van der Waals surface area contributed by atoms with Crippen molar-refractivity contribution in [3.63, 3.8) is 0 Å². The van der Waals surface area contributed by atoms with Gasteiger partial charge in [-0.15, -0.1) is 0 Å². The van der Waals surface area contributed by atoms with Crippen LogP contribution in [0.15, 0.2) is 65.1 Å². The number of carbonyl (C=O) groups is 3. The minimum Gasteiger partial charge on any atom is -0.321 e. The average Bonchev–Trinajstić information content (AvgIpc) is 3.16. The Balaban J connectivity index is 1.64. The molecule has 4 rings (SSSR count). The molecule has 0 unspecified atom stereocenters. The van der Waals surface area contributed by atoms with E-state index in [-0.39, 0.29) is 5.69 Å². The largest absolute Gasteiger partial charge is 0.328 e. The molecule has 3 amide bonds. The predicted molar refractivity (Wildman–Crippen MR) is 143 cm³/mol. The maximum Gasteiger partial charge on any atom is 0.328 e. The van der Waals surface area contributed by atoms with Crippen LogP contribution in [-0.4, -0.2) is 22.4 Å². The van der Waals surface area contributed by atoms with Crippen molar-refractivity contribution < 1.29 is 14.4 Å². The van der Waals surface area contributed by atoms with Crippen molar-refractivity contribution in [1.29, 1.82) is 0 Å². The normalized spacial score (nSPS) is 10.8. The van der Waals surface area contributed by atoms with E-state index in [0.717, 1.165) is 15.6 Å². The number of anilines is 2. The van der Waals surface area contributed by atoms with Gasteiger partial charge in [-0.25, -0.2) is 4.68 Å². The molecule has 1 aromatic heterocycles. The highest BCUT2D eigenvalue weighted by Crippen LogP contribution is 2.25. The number of rotatable bonds is 4. The van der Waals surface area contributed by atoms with E-state index in [1.54, 1.807) is 43.3 Å². The van der Waals surface area contributed by atoms with Gasteiger partial charge in [0.25, 0.3) is 5.91 Å². The Morgan fingerprint density at radius 3 is 2.37 bits per heavy atom. The fourth-order valence-electron chi connectivity index (χ4n) is 3.56. The van der Waals surface area contributed by atoms with Crippen molar-refractivity contribution in [1.82, 2.24) is 4.68 Å². The fourth-order valence-corrected chi connectivity index (χ4v) is 4.12. The molecule has 0 radical (unpaired) electrons. The third kappa shape index (κ3) is 5.23. The van der Waals surface area contributed by atoms with Gasteiger partial charge in [-0.2, -0.15) is 0 Å². The molecule has 1 heterocycles. The van der Waals surface area contributed by atoms with Crippen molar-refractivity contribution in [3.8, 4) is 0 Å². The van der Waals surface area contributed by atoms with Gasteiger partial charge >= 0.3 is 11.8 Å². The third-order valence-electron chi connectivity index (χ3n) is 5.70. The number of aromatic nitrogens is 1. The molecule has 9 heteroatoms. The van der Waals surface area contributed by atoms with E-state index in [9.17, 15) is 14.4 Å². The molecule has 0 fully saturated rings. The SMILES string of the molecule is Cc1ccc(NC(=O)c2cc3cc(Br)ccc3n2NC(=O)C(=O)Nc2cccc(Cl)c2C)cc1C. The second kappa shape index (κ2) is 9.93. The first-order valence-corrected chi connectivity index (χ1v) is 11.9. The topological polar surface area (TPSA) is 92.2 Å². The molecular formula is C26H22BrClN4O3. The van der Waals surface area contributed by atoms with Gasteiger partial charge < -0.3 is 10.6 Å². The summed E-state index contributed by atoms with van der Waals surface area (Å²) in [4.78, 5) is 38.7. The molecule has 3 N–H and O–H groups in total. The molecule has 0 saturated heterocycles. The molecule has 0 aliphatic rings. The molecule has 0 aliphatic carbocycles. The molecule has 0 bridgehead atoms. The van der Waals surface area contributed by atoms with Crippen LogP contribution in [0.25, 0.3) is 10.9 Å². The lowest BCUT2D eigenvalue weighted by atomic mass is 10.1. The summed E-state index contributed by atoms with van der Waals surface area (Å²) in [5.41, 5.74) is 7.09. The molecule has 0 aliphatic heterocycles. The Bertz CT molecular complexity index is 1500. The fraction of sp³-hybridized carbons (Fsp3) is 0.115. The summed E-state index contributed by atoms with van der Waals surface area (Å²) in [7, 11) is 0. The smallest absolute Gasteiger partial charge is 0.321 e. The van der Waals surface area contributed by atoms with Gasteiger partial charge in [0.05, 0.1) is 5.52 Å². The number of benzene rings is 3. The zero-order valence-electron chi connectivity index (χ0n) is 19.2. The first-order chi connectivity index (χ1) is 16.6. The van der Waals surface area contributed by atoms with Crippen molar-refractivity contribution in [2.75, 3.05) is 16.1 Å². The van der Waals surface area contributed by atoms with Gasteiger partial charge in [0.2, 0.25) is 0 Å². The summed E-state index contributed by atoms with van der Waals surface area (Å²) in [6.07, 6.45) is 0. The molecule has 178 valence electrons. The first kappa shape index (κ1) is 24.5. The van der Waals surface area contributed by atoms with Gasteiger partial charge in [-0.05, 0) is 86.0 Å². The van der Waals surface area contributed by atoms with Gasteiger partial charge in [0, 0.05) is 26.3 Å². The Hall–Kier alpha value is -3.62. The van der Waals surface area contributed by atoms with Crippen LogP contribution in [0.1, 0.15) is 27.2 Å². The first-order valence-electron chi connectivity index (χ1n) is 10.7. The average molecular weight is 554 g/mol. The number of nitrogens with one attached hydrogen (secondary N) is 3. The Morgan fingerprint density at radius 1 is 0.857 bits per heavy atom. The third-order valence-corrected chi connectivity index (χ3v) is 6.60. The minimum atomic E-state index is -0.940. The number of fused-ring (bicyclic) bond motifs is 1. The minimum absolute atomic E-state index is 0.163. The molecular weight excluding hydrogens is 532 g/mol. The highest BCUT2D eigenvalue weighted by Gasteiger charge is 2.22. The van der Waals surface area contributed by atoms with Crippen LogP contribution in [-0.2, 0) is 9.59 Å². The lowest BCUT2D eigenvalue weighted by molar-refractivity contribution is -0.133. The van der Waals surface area contributed by atoms with Crippen LogP contribution in [0.5, 0.6) is 0 Å². The highest BCUT2D eigenvalue weighted by atomic mass is 79.9. The molecule has 35 heavy (non-hydrogen) atoms. The molecule has 0 spiro atoms. The van der Waals surface area contributed by atoms with E-state index in [2.05, 4.69) is 32.0 Å². The summed E-state index contributed by atoms with van der Waals surface area (Å²) in [5.74, 6) is -2.27. The highest BCUT2D eigenvalue weighted by molar-refractivity contribution is 9.10. The number of halogens is 2. The number of nitrogens with zero attached hydrogens (tertiary/aromatic N) is 1. The Kier molecular flexibility index (Phi) is 6.95. The zero-order chi connectivity index (χ0) is 25.3. The lowest BCUT2D eigenvalue weighted by Crippen LogP contribution is -2.36. The van der Waals surface area contributed by atoms with Gasteiger partial charge in [-0.3, -0.25) is 19.8 Å². The quantitative estimate of drug-likeness (QED) is 0.273. The van der Waals surface area contributed by atoms with E-state index in [0.29, 0.717) is 32.9 Å². The molecule has 0 saturated carbocycles. The van der Waals surface area contributed by atoms with E-state index < -0.39 is 17.7 Å². The monoisotopic (exact) mass is 552 g/mol.